The molecule has 3 rings (SSSR count). The van der Waals surface area contributed by atoms with Gasteiger partial charge in [-0.25, -0.2) is 18.2 Å². The third-order valence-corrected chi connectivity index (χ3v) is 7.37. The van der Waals surface area contributed by atoms with E-state index in [0.29, 0.717) is 30.4 Å². The topological polar surface area (TPSA) is 108 Å². The summed E-state index contributed by atoms with van der Waals surface area (Å²) in [5, 5.41) is 5.54. The highest BCUT2D eigenvalue weighted by Crippen LogP contribution is 2.22. The van der Waals surface area contributed by atoms with Gasteiger partial charge in [0, 0.05) is 38.0 Å². The van der Waals surface area contributed by atoms with Gasteiger partial charge in [0.05, 0.1) is 5.03 Å². The summed E-state index contributed by atoms with van der Waals surface area (Å²) in [5.41, 5.74) is 0.942. The first-order valence-corrected chi connectivity index (χ1v) is 12.1. The molecule has 1 aromatic carbocycles. The van der Waals surface area contributed by atoms with Crippen LogP contribution in [0.4, 0.5) is 4.79 Å². The second kappa shape index (κ2) is 10.6. The van der Waals surface area contributed by atoms with Crippen molar-refractivity contribution in [3.63, 3.8) is 0 Å². The van der Waals surface area contributed by atoms with Crippen LogP contribution in [-0.2, 0) is 21.4 Å². The molecule has 0 radical (unpaired) electrons. The Labute approximate surface area is 180 Å². The maximum Gasteiger partial charge on any atom is 0.321 e. The molecule has 0 atom stereocenters. The van der Waals surface area contributed by atoms with Gasteiger partial charge in [-0.1, -0.05) is 30.3 Å². The van der Waals surface area contributed by atoms with Gasteiger partial charge in [-0.05, 0) is 30.5 Å². The Morgan fingerprint density at radius 3 is 2.47 bits per heavy atom. The number of urea groups is 1. The van der Waals surface area contributed by atoms with Crippen LogP contribution < -0.4 is 10.6 Å². The summed E-state index contributed by atoms with van der Waals surface area (Å²) >= 11 is 1.33. The minimum atomic E-state index is -3.48. The summed E-state index contributed by atoms with van der Waals surface area (Å²) in [6.07, 6.45) is 3.26. The van der Waals surface area contributed by atoms with Crippen molar-refractivity contribution in [3.05, 3.63) is 54.2 Å². The molecule has 8 nitrogen and oxygen atoms in total. The number of hydrogen-bond acceptors (Lipinski definition) is 6. The summed E-state index contributed by atoms with van der Waals surface area (Å²) in [6.45, 7) is 1.44. The van der Waals surface area contributed by atoms with Crippen LogP contribution in [0.15, 0.2) is 58.6 Å². The zero-order valence-corrected chi connectivity index (χ0v) is 18.0. The van der Waals surface area contributed by atoms with Gasteiger partial charge in [0.15, 0.2) is 0 Å². The Morgan fingerprint density at radius 1 is 1.07 bits per heavy atom. The summed E-state index contributed by atoms with van der Waals surface area (Å²) < 4.78 is 26.4. The van der Waals surface area contributed by atoms with Crippen molar-refractivity contribution in [2.75, 3.05) is 18.8 Å². The molecule has 1 aliphatic heterocycles. The maximum absolute atomic E-state index is 12.5. The van der Waals surface area contributed by atoms with Crippen molar-refractivity contribution in [3.8, 4) is 0 Å². The molecule has 1 aromatic heterocycles. The van der Waals surface area contributed by atoms with E-state index in [1.54, 1.807) is 12.1 Å². The average molecular weight is 449 g/mol. The molecule has 0 spiro atoms. The largest absolute Gasteiger partial charge is 0.334 e. The molecular formula is C20H24N4O4S2. The molecule has 2 aromatic rings. The van der Waals surface area contributed by atoms with Gasteiger partial charge in [0.25, 0.3) is 0 Å². The zero-order valence-electron chi connectivity index (χ0n) is 16.4. The minimum Gasteiger partial charge on any atom is -0.334 e. The summed E-state index contributed by atoms with van der Waals surface area (Å²) in [6, 6.07) is 12.0. The Kier molecular flexibility index (Phi) is 7.83. The molecule has 3 amide bonds. The van der Waals surface area contributed by atoms with Crippen molar-refractivity contribution in [1.29, 1.82) is 0 Å². The number of pyridine rings is 1. The third kappa shape index (κ3) is 6.28. The number of imide groups is 1. The first-order valence-electron chi connectivity index (χ1n) is 9.66. The number of hydrogen-bond donors (Lipinski definition) is 2. The van der Waals surface area contributed by atoms with Crippen LogP contribution in [0.2, 0.25) is 0 Å². The SMILES string of the molecule is O=C(CCSc1ccc(S(=O)(=O)N2CCCC2)cn1)NC(=O)NCc1ccccc1. The van der Waals surface area contributed by atoms with E-state index >= 15 is 0 Å². The lowest BCUT2D eigenvalue weighted by Gasteiger charge is -2.15. The van der Waals surface area contributed by atoms with Crippen LogP contribution in [0.3, 0.4) is 0 Å². The number of amides is 3. The maximum atomic E-state index is 12.5. The standard InChI is InChI=1S/C20H24N4O4S2/c25-18(23-20(26)22-14-16-6-2-1-3-7-16)10-13-29-19-9-8-17(15-21-19)30(27,28)24-11-4-5-12-24/h1-3,6-9,15H,4-5,10-14H2,(H2,22,23,25,26). The number of carbonyl (C=O) groups is 2. The smallest absolute Gasteiger partial charge is 0.321 e. The normalized spacial score (nSPS) is 14.4. The zero-order chi connectivity index (χ0) is 21.4. The van der Waals surface area contributed by atoms with Gasteiger partial charge in [-0.3, -0.25) is 10.1 Å². The van der Waals surface area contributed by atoms with Crippen LogP contribution >= 0.6 is 11.8 Å². The van der Waals surface area contributed by atoms with Gasteiger partial charge >= 0.3 is 6.03 Å². The van der Waals surface area contributed by atoms with E-state index in [0.717, 1.165) is 18.4 Å². The molecule has 0 unspecified atom stereocenters. The number of nitrogens with one attached hydrogen (secondary N) is 2. The van der Waals surface area contributed by atoms with E-state index in [1.807, 2.05) is 30.3 Å². The number of benzene rings is 1. The lowest BCUT2D eigenvalue weighted by atomic mass is 10.2. The fourth-order valence-electron chi connectivity index (χ4n) is 2.94. The van der Waals surface area contributed by atoms with Gasteiger partial charge < -0.3 is 5.32 Å². The third-order valence-electron chi connectivity index (χ3n) is 4.54. The average Bonchev–Trinajstić information content (AvgIpc) is 3.29. The Bertz CT molecular complexity index is 960. The van der Waals surface area contributed by atoms with Crippen LogP contribution in [-0.4, -0.2) is 48.5 Å². The highest BCUT2D eigenvalue weighted by molar-refractivity contribution is 7.99. The van der Waals surface area contributed by atoms with Crippen molar-refractivity contribution in [2.24, 2.45) is 0 Å². The molecule has 2 heterocycles. The first-order chi connectivity index (χ1) is 14.4. The van der Waals surface area contributed by atoms with Gasteiger partial charge in [0.2, 0.25) is 15.9 Å². The molecule has 1 aliphatic rings. The minimum absolute atomic E-state index is 0.138. The van der Waals surface area contributed by atoms with Crippen molar-refractivity contribution >= 4 is 33.7 Å². The van der Waals surface area contributed by atoms with Gasteiger partial charge in [0.1, 0.15) is 4.90 Å². The van der Waals surface area contributed by atoms with E-state index < -0.39 is 16.1 Å². The first kappa shape index (κ1) is 22.3. The van der Waals surface area contributed by atoms with E-state index in [1.165, 1.54) is 22.3 Å². The lowest BCUT2D eigenvalue weighted by molar-refractivity contribution is -0.119. The van der Waals surface area contributed by atoms with E-state index in [4.69, 9.17) is 0 Å². The number of thioether (sulfide) groups is 1. The number of aromatic nitrogens is 1. The van der Waals surface area contributed by atoms with Crippen LogP contribution in [0.25, 0.3) is 0 Å². The summed E-state index contributed by atoms with van der Waals surface area (Å²) in [4.78, 5) is 28.0. The second-order valence-corrected chi connectivity index (χ2v) is 9.81. The van der Waals surface area contributed by atoms with Crippen LogP contribution in [0, 0.1) is 0 Å². The molecular weight excluding hydrogens is 424 g/mol. The number of sulfonamides is 1. The second-order valence-electron chi connectivity index (χ2n) is 6.76. The van der Waals surface area contributed by atoms with E-state index in [9.17, 15) is 18.0 Å². The van der Waals surface area contributed by atoms with Crippen LogP contribution in [0.5, 0.6) is 0 Å². The quantitative estimate of drug-likeness (QED) is 0.600. The van der Waals surface area contributed by atoms with Crippen molar-refractivity contribution in [2.45, 2.75) is 35.7 Å². The highest BCUT2D eigenvalue weighted by atomic mass is 32.2. The number of nitrogens with zero attached hydrogens (tertiary/aromatic N) is 2. The van der Waals surface area contributed by atoms with Crippen molar-refractivity contribution in [1.82, 2.24) is 19.9 Å². The predicted octanol–water partition coefficient (Wildman–Crippen LogP) is 2.37. The highest BCUT2D eigenvalue weighted by Gasteiger charge is 2.27. The molecule has 0 bridgehead atoms. The Hall–Kier alpha value is -2.43. The fraction of sp³-hybridized carbons (Fsp3) is 0.350. The molecule has 1 fully saturated rings. The molecule has 10 heteroatoms. The lowest BCUT2D eigenvalue weighted by Crippen LogP contribution is -2.39. The fourth-order valence-corrected chi connectivity index (χ4v) is 5.19. The molecule has 0 aliphatic carbocycles. The number of carbonyl (C=O) groups excluding carboxylic acids is 2. The van der Waals surface area contributed by atoms with Gasteiger partial charge in [-0.15, -0.1) is 11.8 Å². The monoisotopic (exact) mass is 448 g/mol. The molecule has 2 N–H and O–H groups in total. The number of rotatable bonds is 8. The molecule has 160 valence electrons. The van der Waals surface area contributed by atoms with E-state index in [2.05, 4.69) is 15.6 Å². The Balaban J connectivity index is 1.39. The van der Waals surface area contributed by atoms with Crippen molar-refractivity contribution < 1.29 is 18.0 Å². The van der Waals surface area contributed by atoms with Gasteiger partial charge in [-0.2, -0.15) is 4.31 Å². The molecule has 0 saturated carbocycles. The Morgan fingerprint density at radius 2 is 1.80 bits per heavy atom. The predicted molar refractivity (Wildman–Crippen MR) is 114 cm³/mol. The van der Waals surface area contributed by atoms with E-state index in [-0.39, 0.29) is 17.2 Å². The molecule has 1 saturated heterocycles. The van der Waals surface area contributed by atoms with Crippen LogP contribution in [0.1, 0.15) is 24.8 Å². The summed E-state index contributed by atoms with van der Waals surface area (Å²) in [7, 11) is -3.48. The molecule has 30 heavy (non-hydrogen) atoms. The summed E-state index contributed by atoms with van der Waals surface area (Å²) in [5.74, 6) is 0.0320.